The van der Waals surface area contributed by atoms with Crippen LogP contribution in [0.2, 0.25) is 0 Å². The molecule has 14 heterocycles. The van der Waals surface area contributed by atoms with Gasteiger partial charge in [-0.1, -0.05) is 177 Å². The highest BCUT2D eigenvalue weighted by atomic mass is 16.5. The van der Waals surface area contributed by atoms with Crippen molar-refractivity contribution in [3.05, 3.63) is 321 Å². The number of aromatic amines is 1. The number of hydrogen-bond acceptors (Lipinski definition) is 21. The van der Waals surface area contributed by atoms with Gasteiger partial charge in [-0.15, -0.1) is 0 Å². The third-order valence-electron chi connectivity index (χ3n) is 27.9. The normalized spacial score (nSPS) is 16.0. The van der Waals surface area contributed by atoms with Crippen LogP contribution in [0.25, 0.3) is 156 Å². The standard InChI is InChI=1S/C33H33N9.2C25H22N6.C25H22N5O/c34-32-31-30(24-7-6-23-8-9-28(38-29(23)18-24)22-4-2-1-3-5-22)39-33(42(31)11-10-36-32)25-16-27(17-25)41-14-12-40(13-15-41)20-26-19-35-21-37-26;2*1-15-19-11-10-18(14-20(19)29-24(28-15)16-6-3-2-4-7-16)21-22-23(26)27-12-13-31(22)25(30-21)17-8-5-9-17;26-24-23-22(28-25(18-7-4-8-18)29(23)14-13-27-24)19-10-9-17-11-12-20(30(31)21(17)15-19)16-5-2-1-3-6-16/h1-11,18-19,21,25,27H,12-17,20H2,(H2,34,36)(H,35,37);2*2-4,6-7,10-14,17H,5,8-9H2,1H3,(H2,26,27);1-3,5-6,9-15,18,31H,4,7-8H2,(H2,26,27)/q;;;+1. The molecule has 666 valence electrons. The van der Waals surface area contributed by atoms with E-state index >= 15 is 0 Å². The molecule has 21 aromatic rings. The first-order valence-corrected chi connectivity index (χ1v) is 46.6. The van der Waals surface area contributed by atoms with Crippen molar-refractivity contribution in [1.29, 1.82) is 0 Å². The van der Waals surface area contributed by atoms with Gasteiger partial charge in [-0.2, -0.15) is 0 Å². The first-order valence-electron chi connectivity index (χ1n) is 46.6. The molecule has 4 saturated carbocycles. The third kappa shape index (κ3) is 15.8. The lowest BCUT2D eigenvalue weighted by Crippen LogP contribution is -2.53. The third-order valence-corrected chi connectivity index (χ3v) is 27.9. The van der Waals surface area contributed by atoms with E-state index in [9.17, 15) is 5.21 Å². The predicted molar refractivity (Wildman–Crippen MR) is 530 cm³/mol. The first-order chi connectivity index (χ1) is 66.3. The van der Waals surface area contributed by atoms with Crippen LogP contribution in [-0.2, 0) is 6.54 Å². The largest absolute Gasteiger partial charge is 0.382 e. The Hall–Kier alpha value is -16.1. The minimum Gasteiger partial charge on any atom is -0.382 e. The smallest absolute Gasteiger partial charge is 0.265 e. The van der Waals surface area contributed by atoms with Crippen LogP contribution in [0.5, 0.6) is 0 Å². The van der Waals surface area contributed by atoms with Crippen LogP contribution in [0.15, 0.2) is 280 Å². The van der Waals surface area contributed by atoms with Crippen molar-refractivity contribution < 1.29 is 9.94 Å². The summed E-state index contributed by atoms with van der Waals surface area (Å²) in [4.78, 5) is 74.5. The van der Waals surface area contributed by atoms with Crippen molar-refractivity contribution in [3.63, 3.8) is 0 Å². The monoisotopic (exact) mass is 1780 g/mol. The summed E-state index contributed by atoms with van der Waals surface area (Å²) >= 11 is 0. The number of imidazole rings is 5. The van der Waals surface area contributed by atoms with Gasteiger partial charge in [-0.3, -0.25) is 32.6 Å². The maximum Gasteiger partial charge on any atom is 0.265 e. The van der Waals surface area contributed by atoms with Crippen LogP contribution in [0, 0.1) is 13.8 Å². The number of hydrogen-bond donors (Lipinski definition) is 6. The topological polar surface area (TPSA) is 349 Å². The average Bonchev–Trinajstić information content (AvgIpc) is 1.74. The average molecular weight is 1780 g/mol. The molecular formula is C108H99N26O+. The number of aryl methyl sites for hydroxylation is 2. The van der Waals surface area contributed by atoms with E-state index in [1.807, 2.05) is 184 Å². The Bertz CT molecular complexity index is 7810. The Morgan fingerprint density at radius 2 is 0.770 bits per heavy atom. The number of aromatic nitrogens is 20. The molecule has 1 saturated heterocycles. The molecule has 10 N–H and O–H groups in total. The van der Waals surface area contributed by atoms with Crippen LogP contribution in [-0.4, -0.2) is 140 Å². The van der Waals surface area contributed by atoms with Gasteiger partial charge in [0.1, 0.15) is 91.4 Å². The summed E-state index contributed by atoms with van der Waals surface area (Å²) in [6.07, 6.45) is 31.5. The van der Waals surface area contributed by atoms with E-state index in [-0.39, 0.29) is 0 Å². The van der Waals surface area contributed by atoms with Gasteiger partial charge in [0.15, 0.2) is 11.6 Å². The summed E-state index contributed by atoms with van der Waals surface area (Å²) in [7, 11) is 0. The molecule has 0 radical (unpaired) electrons. The maximum atomic E-state index is 11.0. The van der Waals surface area contributed by atoms with Crippen molar-refractivity contribution in [2.45, 2.75) is 121 Å². The van der Waals surface area contributed by atoms with Crippen LogP contribution >= 0.6 is 0 Å². The summed E-state index contributed by atoms with van der Waals surface area (Å²) in [5.74, 6) is 9.52. The summed E-state index contributed by atoms with van der Waals surface area (Å²) in [6, 6.07) is 73.9. The molecule has 0 unspecified atom stereocenters. The molecule has 13 aromatic heterocycles. The van der Waals surface area contributed by atoms with Crippen LogP contribution in [0.1, 0.15) is 135 Å². The highest BCUT2D eigenvalue weighted by Gasteiger charge is 2.40. The summed E-state index contributed by atoms with van der Waals surface area (Å²) < 4.78 is 9.73. The number of nitrogens with one attached hydrogen (secondary N) is 1. The van der Waals surface area contributed by atoms with Gasteiger partial charge < -0.3 is 27.9 Å². The molecular weight excluding hydrogens is 1680 g/mol. The van der Waals surface area contributed by atoms with Gasteiger partial charge in [-0.25, -0.2) is 69.8 Å². The second kappa shape index (κ2) is 35.2. The number of nitrogens with zero attached hydrogens (tertiary/aromatic N) is 21. The lowest BCUT2D eigenvalue weighted by Gasteiger charge is -2.46. The molecule has 27 heteroatoms. The molecule has 4 aliphatic carbocycles. The minimum atomic E-state index is 0.393. The summed E-state index contributed by atoms with van der Waals surface area (Å²) in [6.45, 7) is 9.37. The van der Waals surface area contributed by atoms with E-state index in [1.54, 1.807) is 31.1 Å². The zero-order chi connectivity index (χ0) is 90.9. The van der Waals surface area contributed by atoms with Gasteiger partial charge in [-0.05, 0) is 114 Å². The molecule has 27 nitrogen and oxygen atoms in total. The Balaban J connectivity index is 0.000000102. The zero-order valence-corrected chi connectivity index (χ0v) is 74.9. The number of anilines is 4. The minimum absolute atomic E-state index is 0.393. The van der Waals surface area contributed by atoms with E-state index in [4.69, 9.17) is 67.8 Å². The second-order valence-corrected chi connectivity index (χ2v) is 36.1. The number of H-pyrrole nitrogens is 1. The van der Waals surface area contributed by atoms with Crippen molar-refractivity contribution in [2.75, 3.05) is 49.1 Å². The van der Waals surface area contributed by atoms with E-state index in [1.165, 1.54) is 55.4 Å². The predicted octanol–water partition coefficient (Wildman–Crippen LogP) is 19.9. The Kier molecular flexibility index (Phi) is 21.7. The molecule has 5 aliphatic rings. The van der Waals surface area contributed by atoms with Crippen LogP contribution in [0.3, 0.4) is 0 Å². The van der Waals surface area contributed by atoms with E-state index in [2.05, 4.69) is 136 Å². The molecule has 0 amide bonds. The van der Waals surface area contributed by atoms with Gasteiger partial charge in [0.25, 0.3) is 11.2 Å². The number of piperazine rings is 1. The van der Waals surface area contributed by atoms with Gasteiger partial charge in [0.2, 0.25) is 0 Å². The summed E-state index contributed by atoms with van der Waals surface area (Å²) in [5, 5.41) is 15.2. The maximum absolute atomic E-state index is 11.0. The van der Waals surface area contributed by atoms with E-state index < -0.39 is 0 Å². The molecule has 0 spiro atoms. The zero-order valence-electron chi connectivity index (χ0n) is 74.9. The van der Waals surface area contributed by atoms with E-state index in [0.29, 0.717) is 58.5 Å². The quantitative estimate of drug-likeness (QED) is 0.0410. The first kappa shape index (κ1) is 83.2. The molecule has 0 bridgehead atoms. The summed E-state index contributed by atoms with van der Waals surface area (Å²) in [5.41, 5.74) is 48.5. The molecule has 135 heavy (non-hydrogen) atoms. The number of nitrogens with two attached hydrogens (primary N) is 4. The second-order valence-electron chi connectivity index (χ2n) is 36.1. The highest BCUT2D eigenvalue weighted by molar-refractivity contribution is 5.96. The molecule has 1 aliphatic heterocycles. The van der Waals surface area contributed by atoms with Gasteiger partial charge >= 0.3 is 0 Å². The number of nitrogen functional groups attached to an aromatic ring is 4. The fourth-order valence-corrected chi connectivity index (χ4v) is 19.8. The Morgan fingerprint density at radius 3 is 1.20 bits per heavy atom. The molecule has 5 fully saturated rings. The van der Waals surface area contributed by atoms with Crippen molar-refractivity contribution in [2.24, 2.45) is 0 Å². The van der Waals surface area contributed by atoms with Crippen molar-refractivity contribution in [3.8, 4) is 90.3 Å². The Morgan fingerprint density at radius 1 is 0.378 bits per heavy atom. The van der Waals surface area contributed by atoms with Gasteiger partial charge in [0, 0.05) is 207 Å². The number of pyridine rings is 2. The Labute approximate surface area is 777 Å². The lowest BCUT2D eigenvalue weighted by molar-refractivity contribution is -0.876. The fourth-order valence-electron chi connectivity index (χ4n) is 19.8. The number of benzene rings is 8. The number of rotatable bonds is 15. The van der Waals surface area contributed by atoms with Crippen molar-refractivity contribution >= 4 is 88.9 Å². The molecule has 0 atom stereocenters. The van der Waals surface area contributed by atoms with Crippen LogP contribution < -0.4 is 27.7 Å². The number of fused-ring (bicyclic) bond motifs is 8. The molecule has 8 aromatic carbocycles. The van der Waals surface area contributed by atoms with E-state index in [0.717, 1.165) is 244 Å². The fraction of sp³-hybridized carbons (Fsp3) is 0.213. The van der Waals surface area contributed by atoms with Crippen LogP contribution in [0.4, 0.5) is 23.3 Å². The van der Waals surface area contributed by atoms with Gasteiger partial charge in [0.05, 0.1) is 39.5 Å². The highest BCUT2D eigenvalue weighted by Crippen LogP contribution is 2.47. The van der Waals surface area contributed by atoms with Crippen molar-refractivity contribution in [1.82, 2.24) is 102 Å². The SMILES string of the molecule is Cc1nc(-c2ccccc2)nc2cc(-c3nc(C4CCC4)n4ccnc(N)c34)ccc12.Cc1nc(-c2ccccc2)nc2cc(-c3nc(C4CCC4)n4ccnc(N)c34)ccc12.Nc1nccn2c(C3CC(N4CCN(Cc5cnc[nH]5)CC4)C3)nc(-c3ccc4ccc(-c5ccccc5)nc4c3)c12.Nc1nccn2c(C3CCC3)nc(-c3ccc4ccc(-c5ccccc5)[n+](O)c4c3)c12. The lowest BCUT2D eigenvalue weighted by atomic mass is 9.78. The molecule has 26 rings (SSSR count).